The lowest BCUT2D eigenvalue weighted by Crippen LogP contribution is -2.38. The van der Waals surface area contributed by atoms with E-state index in [0.717, 1.165) is 44.9 Å². The molecule has 306 valence electrons. The normalized spacial score (nSPS) is 15.1. The molecular formula is C41H77NO10. The van der Waals surface area contributed by atoms with Crippen molar-refractivity contribution in [2.45, 2.75) is 171 Å². The monoisotopic (exact) mass is 744 g/mol. The van der Waals surface area contributed by atoms with Crippen LogP contribution in [0.5, 0.6) is 0 Å². The molecule has 0 saturated carbocycles. The number of unbranched alkanes of at least 4 members (excludes halogenated alkanes) is 2. The first-order valence-electron chi connectivity index (χ1n) is 20.0. The van der Waals surface area contributed by atoms with Gasteiger partial charge in [0.1, 0.15) is 18.2 Å². The second kappa shape index (κ2) is 28.5. The molecule has 0 saturated heterocycles. The summed E-state index contributed by atoms with van der Waals surface area (Å²) in [6.45, 7) is 21.6. The predicted molar refractivity (Wildman–Crippen MR) is 205 cm³/mol. The Hall–Kier alpha value is -1.92. The van der Waals surface area contributed by atoms with Crippen molar-refractivity contribution in [1.82, 2.24) is 5.32 Å². The highest BCUT2D eigenvalue weighted by atomic mass is 16.7. The van der Waals surface area contributed by atoms with Crippen molar-refractivity contribution in [3.63, 3.8) is 0 Å². The van der Waals surface area contributed by atoms with Crippen LogP contribution in [0.25, 0.3) is 0 Å². The van der Waals surface area contributed by atoms with Crippen molar-refractivity contribution >= 4 is 23.4 Å². The molecule has 0 spiro atoms. The number of rotatable bonds is 32. The maximum atomic E-state index is 12.9. The van der Waals surface area contributed by atoms with Crippen LogP contribution < -0.4 is 5.32 Å². The summed E-state index contributed by atoms with van der Waals surface area (Å²) < 4.78 is 28.7. The minimum atomic E-state index is -0.828. The Morgan fingerprint density at radius 1 is 0.788 bits per heavy atom. The van der Waals surface area contributed by atoms with E-state index < -0.39 is 29.9 Å². The number of Topliss-reactive ketones (excluding diaryl/α,β-unsaturated/α-hetero) is 2. The Balaban J connectivity index is 4.49. The Labute approximate surface area is 316 Å². The highest BCUT2D eigenvalue weighted by Gasteiger charge is 2.28. The van der Waals surface area contributed by atoms with Gasteiger partial charge in [-0.3, -0.25) is 19.2 Å². The maximum Gasteiger partial charge on any atom is 0.308 e. The first-order chi connectivity index (χ1) is 24.4. The van der Waals surface area contributed by atoms with Crippen molar-refractivity contribution in [3.8, 4) is 0 Å². The first-order valence-corrected chi connectivity index (χ1v) is 20.0. The number of nitrogens with one attached hydrogen (secondary N) is 1. The number of carbonyl (C=O) groups excluding carboxylic acids is 4. The molecule has 0 aliphatic heterocycles. The Morgan fingerprint density at radius 2 is 1.46 bits per heavy atom. The predicted octanol–water partition coefficient (Wildman–Crippen LogP) is 7.38. The second-order valence-electron chi connectivity index (χ2n) is 16.4. The number of hydrogen-bond donors (Lipinski definition) is 2. The number of aliphatic hydroxyl groups is 1. The van der Waals surface area contributed by atoms with Gasteiger partial charge in [-0.15, -0.1) is 0 Å². The van der Waals surface area contributed by atoms with Crippen molar-refractivity contribution in [2.24, 2.45) is 23.2 Å². The molecule has 0 rings (SSSR count). The SMILES string of the molecule is CCCCCC(=O)NCCOCCOCCC(=O)C(CC)CCC(CC)CC(=O)CCC(C)C(=O)OCC(OC(CO)CC(C)(C)C)OC(C)(C)C. The Kier molecular flexibility index (Phi) is 27.5. The fraction of sp³-hybridized carbons (Fsp3) is 0.902. The molecule has 52 heavy (non-hydrogen) atoms. The summed E-state index contributed by atoms with van der Waals surface area (Å²) in [6, 6.07) is 0. The molecule has 5 atom stereocenters. The third kappa shape index (κ3) is 27.7. The summed E-state index contributed by atoms with van der Waals surface area (Å²) in [5.41, 5.74) is -0.607. The van der Waals surface area contributed by atoms with Crippen LogP contribution in [0, 0.1) is 23.2 Å². The lowest BCUT2D eigenvalue weighted by atomic mass is 9.86. The van der Waals surface area contributed by atoms with E-state index in [9.17, 15) is 24.3 Å². The van der Waals surface area contributed by atoms with Crippen LogP contribution in [0.2, 0.25) is 0 Å². The van der Waals surface area contributed by atoms with Gasteiger partial charge in [-0.05, 0) is 70.6 Å². The molecule has 0 radical (unpaired) electrons. The van der Waals surface area contributed by atoms with Crippen LogP contribution in [0.15, 0.2) is 0 Å². The molecule has 0 aromatic rings. The summed E-state index contributed by atoms with van der Waals surface area (Å²) in [5.74, 6) is -0.399. The van der Waals surface area contributed by atoms with Gasteiger partial charge >= 0.3 is 5.97 Å². The summed E-state index contributed by atoms with van der Waals surface area (Å²) in [5, 5.41) is 12.7. The number of hydrogen-bond acceptors (Lipinski definition) is 10. The molecule has 5 unspecified atom stereocenters. The Bertz CT molecular complexity index is 974. The van der Waals surface area contributed by atoms with Gasteiger partial charge in [0.25, 0.3) is 0 Å². The van der Waals surface area contributed by atoms with E-state index in [1.807, 2.05) is 27.7 Å². The van der Waals surface area contributed by atoms with Crippen LogP contribution in [0.3, 0.4) is 0 Å². The number of esters is 1. The second-order valence-corrected chi connectivity index (χ2v) is 16.4. The molecule has 11 nitrogen and oxygen atoms in total. The lowest BCUT2D eigenvalue weighted by Gasteiger charge is -2.32. The van der Waals surface area contributed by atoms with Crippen molar-refractivity contribution in [3.05, 3.63) is 0 Å². The molecule has 0 aliphatic rings. The maximum absolute atomic E-state index is 12.9. The Morgan fingerprint density at radius 3 is 2.04 bits per heavy atom. The molecule has 0 fully saturated rings. The third-order valence-electron chi connectivity index (χ3n) is 8.90. The molecule has 11 heteroatoms. The molecule has 0 heterocycles. The van der Waals surface area contributed by atoms with Crippen LogP contribution >= 0.6 is 0 Å². The topological polar surface area (TPSA) is 147 Å². The quantitative estimate of drug-likeness (QED) is 0.0407. The summed E-state index contributed by atoms with van der Waals surface area (Å²) in [4.78, 5) is 50.3. The van der Waals surface area contributed by atoms with Crippen LogP contribution in [0.4, 0.5) is 0 Å². The third-order valence-corrected chi connectivity index (χ3v) is 8.90. The zero-order valence-corrected chi connectivity index (χ0v) is 34.7. The van der Waals surface area contributed by atoms with Crippen LogP contribution in [-0.2, 0) is 42.9 Å². The van der Waals surface area contributed by atoms with E-state index in [4.69, 9.17) is 23.7 Å². The summed E-state index contributed by atoms with van der Waals surface area (Å²) >= 11 is 0. The average Bonchev–Trinajstić information content (AvgIpc) is 3.06. The smallest absolute Gasteiger partial charge is 0.308 e. The van der Waals surface area contributed by atoms with E-state index in [-0.39, 0.29) is 54.4 Å². The largest absolute Gasteiger partial charge is 0.460 e. The molecule has 1 amide bonds. The number of carbonyl (C=O) groups is 4. The minimum absolute atomic E-state index is 0.0586. The lowest BCUT2D eigenvalue weighted by molar-refractivity contribution is -0.242. The van der Waals surface area contributed by atoms with E-state index >= 15 is 0 Å². The van der Waals surface area contributed by atoms with E-state index in [1.54, 1.807) is 6.92 Å². The zero-order valence-electron chi connectivity index (χ0n) is 34.7. The van der Waals surface area contributed by atoms with Gasteiger partial charge < -0.3 is 34.1 Å². The van der Waals surface area contributed by atoms with Gasteiger partial charge in [-0.25, -0.2) is 0 Å². The number of amides is 1. The van der Waals surface area contributed by atoms with E-state index in [2.05, 4.69) is 39.9 Å². The van der Waals surface area contributed by atoms with Crippen LogP contribution in [0.1, 0.15) is 153 Å². The van der Waals surface area contributed by atoms with Gasteiger partial charge in [0.2, 0.25) is 5.91 Å². The van der Waals surface area contributed by atoms with Gasteiger partial charge in [0, 0.05) is 38.1 Å². The zero-order chi connectivity index (χ0) is 39.6. The summed E-state index contributed by atoms with van der Waals surface area (Å²) in [6.07, 6.45) is 7.54. The highest BCUT2D eigenvalue weighted by Crippen LogP contribution is 2.26. The first kappa shape index (κ1) is 50.1. The molecule has 0 aliphatic carbocycles. The van der Waals surface area contributed by atoms with E-state index in [1.165, 1.54) is 0 Å². The number of ether oxygens (including phenoxy) is 5. The fourth-order valence-corrected chi connectivity index (χ4v) is 5.83. The summed E-state index contributed by atoms with van der Waals surface area (Å²) in [7, 11) is 0. The van der Waals surface area contributed by atoms with Gasteiger partial charge in [0.15, 0.2) is 6.29 Å². The molecule has 2 N–H and O–H groups in total. The number of ketones is 2. The molecule has 0 aromatic carbocycles. The van der Waals surface area contributed by atoms with Crippen LogP contribution in [-0.4, -0.2) is 92.7 Å². The minimum Gasteiger partial charge on any atom is -0.460 e. The molecular weight excluding hydrogens is 666 g/mol. The van der Waals surface area contributed by atoms with Crippen molar-refractivity contribution in [2.75, 3.05) is 46.2 Å². The standard InChI is InChI=1S/C41H77NO10/c1-11-14-15-16-37(46)42-22-24-49-26-25-48-23-21-36(45)33(13-3)19-18-32(12-2)27-34(44)20-17-31(4)39(47)50-30-38(52-41(8,9)10)51-35(29-43)28-40(5,6)7/h31-33,35,38,43H,11-30H2,1-10H3,(H,42,46). The highest BCUT2D eigenvalue weighted by molar-refractivity contribution is 5.81. The average molecular weight is 744 g/mol. The van der Waals surface area contributed by atoms with E-state index in [0.29, 0.717) is 65.1 Å². The fourth-order valence-electron chi connectivity index (χ4n) is 5.83. The molecule has 0 bridgehead atoms. The molecule has 0 aromatic heterocycles. The van der Waals surface area contributed by atoms with Gasteiger partial charge in [-0.2, -0.15) is 0 Å². The van der Waals surface area contributed by atoms with Crippen molar-refractivity contribution in [1.29, 1.82) is 0 Å². The number of aliphatic hydroxyl groups excluding tert-OH is 1. The van der Waals surface area contributed by atoms with Gasteiger partial charge in [0.05, 0.1) is 50.7 Å². The van der Waals surface area contributed by atoms with Crippen molar-refractivity contribution < 1.29 is 48.0 Å². The van der Waals surface area contributed by atoms with Gasteiger partial charge in [-0.1, -0.05) is 67.7 Å².